The van der Waals surface area contributed by atoms with Gasteiger partial charge < -0.3 is 14.6 Å². The predicted molar refractivity (Wildman–Crippen MR) is 81.4 cm³/mol. The minimum absolute atomic E-state index is 0.0444. The van der Waals surface area contributed by atoms with Crippen LogP contribution in [0, 0.1) is 5.82 Å². The summed E-state index contributed by atoms with van der Waals surface area (Å²) in [7, 11) is 0. The van der Waals surface area contributed by atoms with Gasteiger partial charge in [-0.15, -0.1) is 0 Å². The number of pyridine rings is 1. The molecule has 1 unspecified atom stereocenters. The monoisotopic (exact) mass is 318 g/mol. The molecule has 2 aliphatic rings. The van der Waals surface area contributed by atoms with E-state index in [1.165, 1.54) is 6.20 Å². The lowest BCUT2D eigenvalue weighted by atomic mass is 9.89. The molecular weight excluding hydrogens is 299 g/mol. The molecular formula is C16H19FN4O2. The van der Waals surface area contributed by atoms with E-state index in [1.807, 2.05) is 0 Å². The third kappa shape index (κ3) is 2.59. The van der Waals surface area contributed by atoms with Gasteiger partial charge in [0.1, 0.15) is 23.3 Å². The van der Waals surface area contributed by atoms with E-state index < -0.39 is 0 Å². The fourth-order valence-electron chi connectivity index (χ4n) is 3.59. The van der Waals surface area contributed by atoms with Crippen LogP contribution < -0.4 is 0 Å². The first-order chi connectivity index (χ1) is 11.3. The van der Waals surface area contributed by atoms with Crippen LogP contribution in [-0.4, -0.2) is 46.0 Å². The number of hydrogen-bond acceptors (Lipinski definition) is 4. The molecule has 2 aromatic heterocycles. The Morgan fingerprint density at radius 1 is 1.35 bits per heavy atom. The Morgan fingerprint density at radius 2 is 2.17 bits per heavy atom. The van der Waals surface area contributed by atoms with Crippen LogP contribution in [0.15, 0.2) is 6.20 Å². The zero-order chi connectivity index (χ0) is 15.8. The smallest absolute Gasteiger partial charge is 0.209 e. The fourth-order valence-corrected chi connectivity index (χ4v) is 3.59. The number of aromatic amines is 1. The van der Waals surface area contributed by atoms with E-state index in [0.717, 1.165) is 44.5 Å². The van der Waals surface area contributed by atoms with Crippen LogP contribution in [0.5, 0.6) is 0 Å². The minimum atomic E-state index is -0.313. The van der Waals surface area contributed by atoms with Crippen LogP contribution in [0.3, 0.4) is 0 Å². The van der Waals surface area contributed by atoms with Crippen LogP contribution >= 0.6 is 0 Å². The number of carbonyl (C=O) groups is 1. The van der Waals surface area contributed by atoms with Gasteiger partial charge in [0.25, 0.3) is 0 Å². The number of carbonyl (C=O) groups excluding carboxylic acids is 1. The van der Waals surface area contributed by atoms with Crippen molar-refractivity contribution in [1.82, 2.24) is 19.9 Å². The van der Waals surface area contributed by atoms with Gasteiger partial charge >= 0.3 is 0 Å². The van der Waals surface area contributed by atoms with E-state index in [0.29, 0.717) is 29.8 Å². The molecule has 7 heteroatoms. The van der Waals surface area contributed by atoms with E-state index in [1.54, 1.807) is 4.90 Å². The molecule has 6 nitrogen and oxygen atoms in total. The Bertz CT molecular complexity index is 718. The van der Waals surface area contributed by atoms with Crippen LogP contribution in [0.25, 0.3) is 11.2 Å². The van der Waals surface area contributed by atoms with Crippen molar-refractivity contribution in [1.29, 1.82) is 0 Å². The van der Waals surface area contributed by atoms with Crippen LogP contribution in [0.4, 0.5) is 4.39 Å². The van der Waals surface area contributed by atoms with Crippen molar-refractivity contribution in [3.8, 4) is 0 Å². The van der Waals surface area contributed by atoms with Gasteiger partial charge in [-0.25, -0.2) is 14.4 Å². The van der Waals surface area contributed by atoms with Gasteiger partial charge in [0.2, 0.25) is 6.41 Å². The first kappa shape index (κ1) is 14.6. The Balaban J connectivity index is 1.70. The molecule has 23 heavy (non-hydrogen) atoms. The highest BCUT2D eigenvalue weighted by Crippen LogP contribution is 2.35. The van der Waals surface area contributed by atoms with Crippen molar-refractivity contribution >= 4 is 17.6 Å². The molecule has 0 aromatic carbocycles. The number of H-pyrrole nitrogens is 1. The molecule has 1 atom stereocenters. The maximum absolute atomic E-state index is 14.4. The second kappa shape index (κ2) is 5.88. The SMILES string of the molecule is O=CN1CCC(c2c(F)cnc3[nH]c(C4CCCO4)nc23)CC1. The molecule has 0 spiro atoms. The molecule has 1 amide bonds. The second-order valence-electron chi connectivity index (χ2n) is 6.26. The van der Waals surface area contributed by atoms with Crippen molar-refractivity contribution in [3.63, 3.8) is 0 Å². The largest absolute Gasteiger partial charge is 0.370 e. The molecule has 0 saturated carbocycles. The molecule has 2 aromatic rings. The van der Waals surface area contributed by atoms with Crippen molar-refractivity contribution in [2.45, 2.75) is 37.7 Å². The van der Waals surface area contributed by atoms with Gasteiger partial charge in [0.05, 0.1) is 6.20 Å². The minimum Gasteiger partial charge on any atom is -0.370 e. The highest BCUT2D eigenvalue weighted by Gasteiger charge is 2.28. The predicted octanol–water partition coefficient (Wildman–Crippen LogP) is 2.28. The molecule has 4 rings (SSSR count). The number of likely N-dealkylation sites (tertiary alicyclic amines) is 1. The van der Waals surface area contributed by atoms with E-state index in [2.05, 4.69) is 15.0 Å². The molecule has 2 aliphatic heterocycles. The van der Waals surface area contributed by atoms with Crippen LogP contribution in [0.1, 0.15) is 49.1 Å². The van der Waals surface area contributed by atoms with Crippen molar-refractivity contribution in [2.75, 3.05) is 19.7 Å². The molecule has 2 saturated heterocycles. The number of fused-ring (bicyclic) bond motifs is 1. The topological polar surface area (TPSA) is 71.1 Å². The maximum atomic E-state index is 14.4. The molecule has 122 valence electrons. The molecule has 1 N–H and O–H groups in total. The van der Waals surface area contributed by atoms with Crippen LogP contribution in [-0.2, 0) is 9.53 Å². The summed E-state index contributed by atoms with van der Waals surface area (Å²) in [5.41, 5.74) is 1.85. The molecule has 0 aliphatic carbocycles. The summed E-state index contributed by atoms with van der Waals surface area (Å²) >= 11 is 0. The zero-order valence-electron chi connectivity index (χ0n) is 12.8. The average molecular weight is 318 g/mol. The summed E-state index contributed by atoms with van der Waals surface area (Å²) in [6.07, 6.45) is 5.51. The number of piperidine rings is 1. The summed E-state index contributed by atoms with van der Waals surface area (Å²) in [5, 5.41) is 0. The quantitative estimate of drug-likeness (QED) is 0.881. The lowest BCUT2D eigenvalue weighted by Crippen LogP contribution is -2.32. The van der Waals surface area contributed by atoms with Crippen molar-refractivity contribution in [3.05, 3.63) is 23.4 Å². The van der Waals surface area contributed by atoms with Crippen molar-refractivity contribution in [2.24, 2.45) is 0 Å². The number of rotatable bonds is 3. The highest BCUT2D eigenvalue weighted by molar-refractivity contribution is 5.75. The third-order valence-corrected chi connectivity index (χ3v) is 4.84. The standard InChI is InChI=1S/C16H19FN4O2/c17-11-8-18-16-14(19-15(20-16)12-2-1-7-23-12)13(11)10-3-5-21(9-22)6-4-10/h8-10,12H,1-7H2,(H,18,19,20). The van der Waals surface area contributed by atoms with Gasteiger partial charge in [-0.2, -0.15) is 0 Å². The Labute approximate surface area is 133 Å². The first-order valence-corrected chi connectivity index (χ1v) is 8.11. The second-order valence-corrected chi connectivity index (χ2v) is 6.26. The zero-order valence-corrected chi connectivity index (χ0v) is 12.8. The van der Waals surface area contributed by atoms with E-state index >= 15 is 0 Å². The fraction of sp³-hybridized carbons (Fsp3) is 0.562. The van der Waals surface area contributed by atoms with Crippen LogP contribution in [0.2, 0.25) is 0 Å². The molecule has 4 heterocycles. The van der Waals surface area contributed by atoms with Gasteiger partial charge in [-0.05, 0) is 31.6 Å². The Hall–Kier alpha value is -2.02. The Morgan fingerprint density at radius 3 is 2.87 bits per heavy atom. The number of amides is 1. The van der Waals surface area contributed by atoms with E-state index in [9.17, 15) is 9.18 Å². The summed E-state index contributed by atoms with van der Waals surface area (Å²) in [6.45, 7) is 2.04. The maximum Gasteiger partial charge on any atom is 0.209 e. The third-order valence-electron chi connectivity index (χ3n) is 4.84. The van der Waals surface area contributed by atoms with Gasteiger partial charge in [-0.3, -0.25) is 4.79 Å². The summed E-state index contributed by atoms with van der Waals surface area (Å²) < 4.78 is 20.1. The molecule has 2 fully saturated rings. The first-order valence-electron chi connectivity index (χ1n) is 8.11. The summed E-state index contributed by atoms with van der Waals surface area (Å²) in [6, 6.07) is 0. The number of nitrogens with zero attached hydrogens (tertiary/aromatic N) is 3. The lowest BCUT2D eigenvalue weighted by molar-refractivity contribution is -0.119. The average Bonchev–Trinajstić information content (AvgIpc) is 3.24. The lowest BCUT2D eigenvalue weighted by Gasteiger charge is -2.29. The summed E-state index contributed by atoms with van der Waals surface area (Å²) in [5.74, 6) is 0.493. The van der Waals surface area contributed by atoms with E-state index in [4.69, 9.17) is 4.74 Å². The van der Waals surface area contributed by atoms with Gasteiger partial charge in [0.15, 0.2) is 5.65 Å². The number of imidazole rings is 1. The van der Waals surface area contributed by atoms with Gasteiger partial charge in [-0.1, -0.05) is 0 Å². The molecule has 0 radical (unpaired) electrons. The molecule has 0 bridgehead atoms. The Kier molecular flexibility index (Phi) is 3.72. The number of ether oxygens (including phenoxy) is 1. The number of aromatic nitrogens is 3. The number of hydrogen-bond donors (Lipinski definition) is 1. The van der Waals surface area contributed by atoms with Crippen molar-refractivity contribution < 1.29 is 13.9 Å². The number of nitrogens with one attached hydrogen (secondary N) is 1. The number of halogens is 1. The summed E-state index contributed by atoms with van der Waals surface area (Å²) in [4.78, 5) is 24.5. The van der Waals surface area contributed by atoms with E-state index in [-0.39, 0.29) is 17.8 Å². The van der Waals surface area contributed by atoms with Gasteiger partial charge in [0, 0.05) is 25.3 Å². The highest BCUT2D eigenvalue weighted by atomic mass is 19.1. The normalized spacial score (nSPS) is 22.8.